The summed E-state index contributed by atoms with van der Waals surface area (Å²) in [6.07, 6.45) is 1.02. The van der Waals surface area contributed by atoms with Crippen LogP contribution >= 0.6 is 0 Å². The van der Waals surface area contributed by atoms with Crippen LogP contribution in [0.5, 0.6) is 0 Å². The Balaban J connectivity index is 3.15. The Morgan fingerprint density at radius 1 is 1.44 bits per heavy atom. The van der Waals surface area contributed by atoms with Crippen LogP contribution in [0.2, 0.25) is 0 Å². The van der Waals surface area contributed by atoms with Gasteiger partial charge in [-0.2, -0.15) is 5.06 Å². The summed E-state index contributed by atoms with van der Waals surface area (Å²) in [4.78, 5) is 0. The minimum absolute atomic E-state index is 0.557. The fraction of sp³-hybridized carbons (Fsp3) is 1.00. The average molecular weight is 131 g/mol. The number of rotatable bonds is 4. The average Bonchev–Trinajstić information content (AvgIpc) is 1.63. The van der Waals surface area contributed by atoms with E-state index in [0.29, 0.717) is 5.92 Å². The van der Waals surface area contributed by atoms with Gasteiger partial charge in [-0.25, -0.2) is 0 Å². The lowest BCUT2D eigenvalue weighted by molar-refractivity contribution is -0.0981. The maximum absolute atomic E-state index is 9.05. The molecule has 0 aromatic rings. The van der Waals surface area contributed by atoms with Gasteiger partial charge in [0.15, 0.2) is 0 Å². The third-order valence-electron chi connectivity index (χ3n) is 1.06. The molecule has 0 amide bonds. The molecule has 1 N–H and O–H groups in total. The van der Waals surface area contributed by atoms with Crippen LogP contribution in [-0.2, 0) is 0 Å². The van der Waals surface area contributed by atoms with E-state index >= 15 is 0 Å². The van der Waals surface area contributed by atoms with Crippen molar-refractivity contribution in [1.82, 2.24) is 5.06 Å². The van der Waals surface area contributed by atoms with Gasteiger partial charge in [0.05, 0.1) is 0 Å². The van der Waals surface area contributed by atoms with Crippen LogP contribution in [-0.4, -0.2) is 23.4 Å². The van der Waals surface area contributed by atoms with Crippen molar-refractivity contribution in [3.05, 3.63) is 0 Å². The van der Waals surface area contributed by atoms with Crippen molar-refractivity contribution >= 4 is 0 Å². The first-order valence-electron chi connectivity index (χ1n) is 3.60. The van der Waals surface area contributed by atoms with Gasteiger partial charge in [-0.3, -0.25) is 0 Å². The van der Waals surface area contributed by atoms with Gasteiger partial charge in [0.25, 0.3) is 0 Å². The molecule has 0 aliphatic heterocycles. The second-order valence-electron chi connectivity index (χ2n) is 2.81. The van der Waals surface area contributed by atoms with Crippen molar-refractivity contribution in [2.24, 2.45) is 5.92 Å². The highest BCUT2D eigenvalue weighted by atomic mass is 16.5. The van der Waals surface area contributed by atoms with Crippen LogP contribution in [0.25, 0.3) is 0 Å². The summed E-state index contributed by atoms with van der Waals surface area (Å²) in [6, 6.07) is 0. The fourth-order valence-corrected chi connectivity index (χ4v) is 0.771. The van der Waals surface area contributed by atoms with E-state index in [4.69, 9.17) is 5.21 Å². The largest absolute Gasteiger partial charge is 0.314 e. The summed E-state index contributed by atoms with van der Waals surface area (Å²) in [5.74, 6) is 0.557. The fourth-order valence-electron chi connectivity index (χ4n) is 0.771. The highest BCUT2D eigenvalue weighted by molar-refractivity contribution is 4.47. The Kier molecular flexibility index (Phi) is 4.72. The summed E-state index contributed by atoms with van der Waals surface area (Å²) in [5, 5.41) is 10.4. The van der Waals surface area contributed by atoms with Gasteiger partial charge in [-0.15, -0.1) is 0 Å². The highest BCUT2D eigenvalue weighted by Gasteiger charge is 1.99. The maximum Gasteiger partial charge on any atom is 0.0261 e. The summed E-state index contributed by atoms with van der Waals surface area (Å²) in [7, 11) is 0. The lowest BCUT2D eigenvalue weighted by atomic mass is 10.2. The smallest absolute Gasteiger partial charge is 0.0261 e. The van der Waals surface area contributed by atoms with E-state index in [2.05, 4.69) is 20.8 Å². The molecule has 0 aliphatic rings. The molecular weight excluding hydrogens is 114 g/mol. The number of nitrogens with zero attached hydrogens (tertiary/aromatic N) is 1. The molecule has 0 saturated carbocycles. The lowest BCUT2D eigenvalue weighted by Crippen LogP contribution is -2.24. The van der Waals surface area contributed by atoms with E-state index in [0.717, 1.165) is 19.5 Å². The van der Waals surface area contributed by atoms with Gasteiger partial charge in [0.1, 0.15) is 0 Å². The minimum atomic E-state index is 0.557. The van der Waals surface area contributed by atoms with Crippen LogP contribution in [0.4, 0.5) is 0 Å². The lowest BCUT2D eigenvalue weighted by Gasteiger charge is -2.15. The van der Waals surface area contributed by atoms with Gasteiger partial charge >= 0.3 is 0 Å². The summed E-state index contributed by atoms with van der Waals surface area (Å²) < 4.78 is 0. The number of hydrogen-bond acceptors (Lipinski definition) is 2. The third-order valence-corrected chi connectivity index (χ3v) is 1.06. The monoisotopic (exact) mass is 131 g/mol. The molecule has 0 atom stereocenters. The normalized spacial score (nSPS) is 11.3. The Bertz CT molecular complexity index is 63.9. The van der Waals surface area contributed by atoms with Crippen molar-refractivity contribution in [1.29, 1.82) is 0 Å². The van der Waals surface area contributed by atoms with Crippen molar-refractivity contribution in [3.63, 3.8) is 0 Å². The van der Waals surface area contributed by atoms with Gasteiger partial charge in [0, 0.05) is 13.1 Å². The third kappa shape index (κ3) is 5.80. The molecule has 0 fully saturated rings. The number of hydroxylamine groups is 2. The van der Waals surface area contributed by atoms with Gasteiger partial charge in [-0.05, 0) is 12.3 Å². The zero-order valence-corrected chi connectivity index (χ0v) is 6.59. The van der Waals surface area contributed by atoms with Gasteiger partial charge in [0.2, 0.25) is 0 Å². The molecule has 0 spiro atoms. The second-order valence-corrected chi connectivity index (χ2v) is 2.81. The Hall–Kier alpha value is -0.0800. The van der Waals surface area contributed by atoms with Gasteiger partial charge in [-0.1, -0.05) is 20.8 Å². The first-order valence-corrected chi connectivity index (χ1v) is 3.60. The molecule has 0 aromatic carbocycles. The van der Waals surface area contributed by atoms with E-state index in [9.17, 15) is 0 Å². The zero-order valence-electron chi connectivity index (χ0n) is 6.59. The molecule has 0 rings (SSSR count). The molecule has 0 aromatic heterocycles. The maximum atomic E-state index is 9.05. The Labute approximate surface area is 57.4 Å². The predicted molar refractivity (Wildman–Crippen MR) is 38.5 cm³/mol. The SMILES string of the molecule is CCCN(O)CC(C)C. The van der Waals surface area contributed by atoms with Crippen molar-refractivity contribution in [2.45, 2.75) is 27.2 Å². The molecule has 0 radical (unpaired) electrons. The Morgan fingerprint density at radius 2 is 2.00 bits per heavy atom. The molecule has 0 unspecified atom stereocenters. The van der Waals surface area contributed by atoms with Crippen molar-refractivity contribution in [3.8, 4) is 0 Å². The molecule has 0 saturated heterocycles. The van der Waals surface area contributed by atoms with Gasteiger partial charge < -0.3 is 5.21 Å². The van der Waals surface area contributed by atoms with Crippen LogP contribution in [0.15, 0.2) is 0 Å². The van der Waals surface area contributed by atoms with Crippen molar-refractivity contribution in [2.75, 3.05) is 13.1 Å². The van der Waals surface area contributed by atoms with E-state index < -0.39 is 0 Å². The Morgan fingerprint density at radius 3 is 2.33 bits per heavy atom. The molecule has 9 heavy (non-hydrogen) atoms. The first kappa shape index (κ1) is 8.92. The predicted octanol–water partition coefficient (Wildman–Crippen LogP) is 1.74. The van der Waals surface area contributed by atoms with Crippen molar-refractivity contribution < 1.29 is 5.21 Å². The molecule has 56 valence electrons. The number of hydrogen-bond donors (Lipinski definition) is 1. The molecule has 0 heterocycles. The second kappa shape index (κ2) is 4.77. The highest BCUT2D eigenvalue weighted by Crippen LogP contribution is 1.95. The quantitative estimate of drug-likeness (QED) is 0.587. The molecule has 0 bridgehead atoms. The van der Waals surface area contributed by atoms with E-state index in [-0.39, 0.29) is 0 Å². The summed E-state index contributed by atoms with van der Waals surface area (Å²) in [6.45, 7) is 7.83. The van der Waals surface area contributed by atoms with Crippen LogP contribution in [0, 0.1) is 5.92 Å². The molecule has 2 heteroatoms. The van der Waals surface area contributed by atoms with Crippen LogP contribution in [0.3, 0.4) is 0 Å². The van der Waals surface area contributed by atoms with Crippen LogP contribution < -0.4 is 0 Å². The standard InChI is InChI=1S/C7H17NO/c1-4-5-8(9)6-7(2)3/h7,9H,4-6H2,1-3H3. The van der Waals surface area contributed by atoms with Crippen LogP contribution in [0.1, 0.15) is 27.2 Å². The van der Waals surface area contributed by atoms with E-state index in [1.165, 1.54) is 5.06 Å². The van der Waals surface area contributed by atoms with E-state index in [1.807, 2.05) is 0 Å². The van der Waals surface area contributed by atoms with E-state index in [1.54, 1.807) is 0 Å². The molecule has 2 nitrogen and oxygen atoms in total. The topological polar surface area (TPSA) is 23.5 Å². The summed E-state index contributed by atoms with van der Waals surface area (Å²) in [5.41, 5.74) is 0. The summed E-state index contributed by atoms with van der Waals surface area (Å²) >= 11 is 0. The molecule has 0 aliphatic carbocycles. The molecular formula is C7H17NO. The first-order chi connectivity index (χ1) is 4.16. The zero-order chi connectivity index (χ0) is 7.28. The minimum Gasteiger partial charge on any atom is -0.314 e.